The molecule has 1 atom stereocenters. The molecule has 0 saturated heterocycles. The number of halogens is 1. The average molecular weight is 481 g/mol. The molecule has 10 nitrogen and oxygen atoms in total. The minimum absolute atomic E-state index is 0.167. The van der Waals surface area contributed by atoms with Crippen LogP contribution in [0.25, 0.3) is 17.0 Å². The standard InChI is InChI=1S/C24H24FN5O5/c1-15(35-18-6-4-5-16(25)13-18)24(31)26-11-12-34-22-10-9-21-27-28-23(30(21)29-22)19-8-7-17(32-2)14-20(19)33-3/h4-10,13-15H,11-12H2,1-3H3,(H,26,31). The number of amides is 1. The van der Waals surface area contributed by atoms with Gasteiger partial charge >= 0.3 is 0 Å². The van der Waals surface area contributed by atoms with Gasteiger partial charge in [0.1, 0.15) is 29.7 Å². The van der Waals surface area contributed by atoms with Crippen molar-refractivity contribution in [3.8, 4) is 34.5 Å². The predicted molar refractivity (Wildman–Crippen MR) is 124 cm³/mol. The molecule has 0 aliphatic carbocycles. The maximum absolute atomic E-state index is 13.3. The maximum Gasteiger partial charge on any atom is 0.260 e. The number of nitrogens with one attached hydrogen (secondary N) is 1. The number of carbonyl (C=O) groups excluding carboxylic acids is 1. The minimum atomic E-state index is -0.801. The molecular weight excluding hydrogens is 457 g/mol. The van der Waals surface area contributed by atoms with Gasteiger partial charge in [0.15, 0.2) is 17.6 Å². The molecule has 2 heterocycles. The van der Waals surface area contributed by atoms with E-state index in [4.69, 9.17) is 18.9 Å². The second-order valence-corrected chi connectivity index (χ2v) is 7.39. The van der Waals surface area contributed by atoms with Gasteiger partial charge in [0.2, 0.25) is 5.88 Å². The fourth-order valence-electron chi connectivity index (χ4n) is 3.27. The molecule has 0 aliphatic heterocycles. The van der Waals surface area contributed by atoms with E-state index in [1.807, 2.05) is 6.07 Å². The van der Waals surface area contributed by atoms with Crippen LogP contribution >= 0.6 is 0 Å². The largest absolute Gasteiger partial charge is 0.497 e. The van der Waals surface area contributed by atoms with Gasteiger partial charge in [0, 0.05) is 18.2 Å². The molecule has 0 spiro atoms. The molecule has 182 valence electrons. The number of ether oxygens (including phenoxy) is 4. The molecule has 11 heteroatoms. The molecule has 0 saturated carbocycles. The fraction of sp³-hybridized carbons (Fsp3) is 0.250. The molecule has 0 fully saturated rings. The zero-order valence-corrected chi connectivity index (χ0v) is 19.4. The third-order valence-electron chi connectivity index (χ3n) is 5.02. The third-order valence-corrected chi connectivity index (χ3v) is 5.02. The smallest absolute Gasteiger partial charge is 0.260 e. The second-order valence-electron chi connectivity index (χ2n) is 7.39. The van der Waals surface area contributed by atoms with Crippen molar-refractivity contribution in [3.05, 3.63) is 60.4 Å². The highest BCUT2D eigenvalue weighted by Crippen LogP contribution is 2.32. The van der Waals surface area contributed by atoms with Crippen molar-refractivity contribution in [1.82, 2.24) is 25.1 Å². The molecule has 2 aromatic carbocycles. The number of fused-ring (bicyclic) bond motifs is 1. The van der Waals surface area contributed by atoms with E-state index in [1.54, 1.807) is 56.0 Å². The lowest BCUT2D eigenvalue weighted by molar-refractivity contribution is -0.127. The molecule has 0 radical (unpaired) electrons. The van der Waals surface area contributed by atoms with Crippen molar-refractivity contribution >= 4 is 11.6 Å². The first-order valence-corrected chi connectivity index (χ1v) is 10.8. The number of hydrogen-bond acceptors (Lipinski definition) is 8. The van der Waals surface area contributed by atoms with E-state index in [1.165, 1.54) is 18.2 Å². The Morgan fingerprint density at radius 3 is 2.69 bits per heavy atom. The van der Waals surface area contributed by atoms with Gasteiger partial charge in [-0.2, -0.15) is 4.52 Å². The summed E-state index contributed by atoms with van der Waals surface area (Å²) in [6, 6.07) is 14.4. The highest BCUT2D eigenvalue weighted by molar-refractivity contribution is 5.80. The van der Waals surface area contributed by atoms with Crippen molar-refractivity contribution in [3.63, 3.8) is 0 Å². The van der Waals surface area contributed by atoms with E-state index in [2.05, 4.69) is 20.6 Å². The summed E-state index contributed by atoms with van der Waals surface area (Å²) in [6.45, 7) is 1.97. The first kappa shape index (κ1) is 23.7. The SMILES string of the molecule is COc1ccc(-c2nnc3ccc(OCCNC(=O)C(C)Oc4cccc(F)c4)nn23)c(OC)c1. The first-order chi connectivity index (χ1) is 17.0. The summed E-state index contributed by atoms with van der Waals surface area (Å²) in [5.74, 6) is 1.49. The predicted octanol–water partition coefficient (Wildman–Crippen LogP) is 2.91. The summed E-state index contributed by atoms with van der Waals surface area (Å²) in [7, 11) is 3.13. The second kappa shape index (κ2) is 10.7. The van der Waals surface area contributed by atoms with Gasteiger partial charge < -0.3 is 24.3 Å². The van der Waals surface area contributed by atoms with Gasteiger partial charge in [-0.25, -0.2) is 4.39 Å². The molecule has 1 amide bonds. The Hall–Kier alpha value is -4.41. The van der Waals surface area contributed by atoms with Crippen LogP contribution in [0.4, 0.5) is 4.39 Å². The van der Waals surface area contributed by atoms with Crippen LogP contribution in [-0.4, -0.2) is 59.2 Å². The van der Waals surface area contributed by atoms with Crippen molar-refractivity contribution < 1.29 is 28.1 Å². The number of methoxy groups -OCH3 is 2. The van der Waals surface area contributed by atoms with Gasteiger partial charge in [0.05, 0.1) is 26.3 Å². The van der Waals surface area contributed by atoms with Crippen LogP contribution < -0.4 is 24.3 Å². The van der Waals surface area contributed by atoms with E-state index in [-0.39, 0.29) is 24.8 Å². The van der Waals surface area contributed by atoms with Crippen molar-refractivity contribution in [1.29, 1.82) is 0 Å². The summed E-state index contributed by atoms with van der Waals surface area (Å²) < 4.78 is 36.7. The molecule has 1 N–H and O–H groups in total. The van der Waals surface area contributed by atoms with Crippen LogP contribution in [0.2, 0.25) is 0 Å². The number of rotatable bonds is 10. The van der Waals surface area contributed by atoms with Crippen LogP contribution in [0.15, 0.2) is 54.6 Å². The van der Waals surface area contributed by atoms with Crippen LogP contribution in [-0.2, 0) is 4.79 Å². The van der Waals surface area contributed by atoms with E-state index in [9.17, 15) is 9.18 Å². The van der Waals surface area contributed by atoms with Crippen LogP contribution in [0.5, 0.6) is 23.1 Å². The number of aromatic nitrogens is 4. The van der Waals surface area contributed by atoms with E-state index < -0.39 is 11.9 Å². The summed E-state index contributed by atoms with van der Waals surface area (Å²) in [6.07, 6.45) is -0.801. The van der Waals surface area contributed by atoms with E-state index >= 15 is 0 Å². The monoisotopic (exact) mass is 481 g/mol. The molecule has 0 aliphatic rings. The van der Waals surface area contributed by atoms with Gasteiger partial charge in [-0.05, 0) is 37.3 Å². The lowest BCUT2D eigenvalue weighted by atomic mass is 10.2. The Morgan fingerprint density at radius 1 is 1.06 bits per heavy atom. The third kappa shape index (κ3) is 5.57. The van der Waals surface area contributed by atoms with Crippen molar-refractivity contribution in [2.24, 2.45) is 0 Å². The average Bonchev–Trinajstić information content (AvgIpc) is 3.29. The molecular formula is C24H24FN5O5. The summed E-state index contributed by atoms with van der Waals surface area (Å²) in [5.41, 5.74) is 1.21. The molecule has 4 rings (SSSR count). The number of carbonyl (C=O) groups is 1. The topological polar surface area (TPSA) is 109 Å². The van der Waals surface area contributed by atoms with Crippen LogP contribution in [0.3, 0.4) is 0 Å². The molecule has 0 bridgehead atoms. The summed E-state index contributed by atoms with van der Waals surface area (Å²) >= 11 is 0. The zero-order valence-electron chi connectivity index (χ0n) is 19.4. The fourth-order valence-corrected chi connectivity index (χ4v) is 3.27. The molecule has 2 aromatic heterocycles. The Bertz CT molecular complexity index is 1330. The Kier molecular flexibility index (Phi) is 7.24. The normalized spacial score (nSPS) is 11.7. The lowest BCUT2D eigenvalue weighted by Gasteiger charge is -2.15. The Balaban J connectivity index is 1.37. The van der Waals surface area contributed by atoms with Crippen molar-refractivity contribution in [2.75, 3.05) is 27.4 Å². The Labute approximate surface area is 200 Å². The lowest BCUT2D eigenvalue weighted by Crippen LogP contribution is -2.38. The maximum atomic E-state index is 13.3. The number of benzene rings is 2. The highest BCUT2D eigenvalue weighted by atomic mass is 19.1. The Morgan fingerprint density at radius 2 is 1.91 bits per heavy atom. The molecule has 1 unspecified atom stereocenters. The highest BCUT2D eigenvalue weighted by Gasteiger charge is 2.17. The van der Waals surface area contributed by atoms with Crippen molar-refractivity contribution in [2.45, 2.75) is 13.0 Å². The van der Waals surface area contributed by atoms with Gasteiger partial charge in [-0.1, -0.05) is 6.07 Å². The number of nitrogens with zero attached hydrogens (tertiary/aromatic N) is 4. The quantitative estimate of drug-likeness (QED) is 0.345. The summed E-state index contributed by atoms with van der Waals surface area (Å²) in [5, 5.41) is 15.5. The van der Waals surface area contributed by atoms with Gasteiger partial charge in [-0.15, -0.1) is 15.3 Å². The van der Waals surface area contributed by atoms with E-state index in [0.29, 0.717) is 34.4 Å². The first-order valence-electron chi connectivity index (χ1n) is 10.8. The van der Waals surface area contributed by atoms with Crippen LogP contribution in [0.1, 0.15) is 6.92 Å². The molecule has 35 heavy (non-hydrogen) atoms. The van der Waals surface area contributed by atoms with Gasteiger partial charge in [0.25, 0.3) is 5.91 Å². The minimum Gasteiger partial charge on any atom is -0.497 e. The molecule has 4 aromatic rings. The summed E-state index contributed by atoms with van der Waals surface area (Å²) in [4.78, 5) is 12.2. The van der Waals surface area contributed by atoms with E-state index in [0.717, 1.165) is 0 Å². The zero-order chi connectivity index (χ0) is 24.8. The number of hydrogen-bond donors (Lipinski definition) is 1. The van der Waals surface area contributed by atoms with Gasteiger partial charge in [-0.3, -0.25) is 4.79 Å². The van der Waals surface area contributed by atoms with Crippen LogP contribution in [0, 0.1) is 5.82 Å².